The van der Waals surface area contributed by atoms with Gasteiger partial charge in [0.2, 0.25) is 0 Å². The van der Waals surface area contributed by atoms with Gasteiger partial charge in [0.1, 0.15) is 36.4 Å². The fraction of sp³-hybridized carbons (Fsp3) is 0.478. The monoisotopic (exact) mass is 466 g/mol. The van der Waals surface area contributed by atoms with Gasteiger partial charge in [0.05, 0.1) is 26.6 Å². The molecule has 9 heteroatoms. The summed E-state index contributed by atoms with van der Waals surface area (Å²) in [5.41, 5.74) is 0.935. The second kappa shape index (κ2) is 10.6. The van der Waals surface area contributed by atoms with Crippen molar-refractivity contribution in [1.29, 1.82) is 0 Å². The van der Waals surface area contributed by atoms with Gasteiger partial charge in [0.25, 0.3) is 10.1 Å². The lowest BCUT2D eigenvalue weighted by Crippen LogP contribution is -2.47. The van der Waals surface area contributed by atoms with Gasteiger partial charge < -0.3 is 23.7 Å². The van der Waals surface area contributed by atoms with E-state index in [1.165, 1.54) is 0 Å². The molecule has 0 saturated carbocycles. The van der Waals surface area contributed by atoms with Gasteiger partial charge >= 0.3 is 0 Å². The number of hydrogen-bond donors (Lipinski definition) is 0. The number of benzene rings is 2. The molecule has 0 aromatic heterocycles. The first-order valence-electron chi connectivity index (χ1n) is 10.3. The van der Waals surface area contributed by atoms with E-state index in [1.807, 2.05) is 30.3 Å². The zero-order valence-corrected chi connectivity index (χ0v) is 19.5. The van der Waals surface area contributed by atoms with E-state index in [2.05, 4.69) is 0 Å². The molecular formula is C23H30O8S. The normalized spacial score (nSPS) is 19.9. The molecule has 0 radical (unpaired) electrons. The van der Waals surface area contributed by atoms with Gasteiger partial charge in [0.15, 0.2) is 5.79 Å². The highest BCUT2D eigenvalue weighted by Crippen LogP contribution is 2.29. The van der Waals surface area contributed by atoms with E-state index >= 15 is 0 Å². The zero-order valence-electron chi connectivity index (χ0n) is 18.7. The molecule has 1 saturated heterocycles. The number of rotatable bonds is 11. The molecule has 1 heterocycles. The van der Waals surface area contributed by atoms with Crippen LogP contribution in [-0.2, 0) is 35.1 Å². The lowest BCUT2D eigenvalue weighted by molar-refractivity contribution is -0.171. The van der Waals surface area contributed by atoms with Crippen LogP contribution in [0.25, 0.3) is 0 Å². The smallest absolute Gasteiger partial charge is 0.264 e. The highest BCUT2D eigenvalue weighted by molar-refractivity contribution is 7.86. The van der Waals surface area contributed by atoms with Crippen molar-refractivity contribution >= 4 is 10.1 Å². The molecule has 8 nitrogen and oxygen atoms in total. The van der Waals surface area contributed by atoms with Crippen LogP contribution < -0.4 is 9.47 Å². The van der Waals surface area contributed by atoms with E-state index in [0.29, 0.717) is 11.5 Å². The van der Waals surface area contributed by atoms with Crippen molar-refractivity contribution in [2.75, 3.05) is 26.6 Å². The van der Waals surface area contributed by atoms with Crippen LogP contribution in [0, 0.1) is 0 Å². The number of ether oxygens (including phenoxy) is 5. The van der Waals surface area contributed by atoms with Crippen molar-refractivity contribution in [3.63, 3.8) is 0 Å². The Bertz CT molecular complexity index is 944. The standard InChI is InChI=1S/C23H30O8S/c1-23(2)29-16-20(30-23)22(28-14-17-8-6-5-7-9-17)21(31-32(4,24)25)15-27-19-12-10-18(26-3)11-13-19/h5-13,20-22H,14-16H2,1-4H3/t20-,21+,22+/m0/s1. The molecule has 0 N–H and O–H groups in total. The summed E-state index contributed by atoms with van der Waals surface area (Å²) in [6.07, 6.45) is -1.26. The highest BCUT2D eigenvalue weighted by Gasteiger charge is 2.43. The van der Waals surface area contributed by atoms with Crippen LogP contribution in [0.1, 0.15) is 19.4 Å². The summed E-state index contributed by atoms with van der Waals surface area (Å²) in [4.78, 5) is 0. The van der Waals surface area contributed by atoms with E-state index in [4.69, 9.17) is 27.9 Å². The van der Waals surface area contributed by atoms with Crippen molar-refractivity contribution in [3.8, 4) is 11.5 Å². The lowest BCUT2D eigenvalue weighted by atomic mass is 10.1. The third-order valence-electron chi connectivity index (χ3n) is 4.82. The van der Waals surface area contributed by atoms with Crippen LogP contribution in [0.2, 0.25) is 0 Å². The molecule has 0 bridgehead atoms. The van der Waals surface area contributed by atoms with Gasteiger partial charge in [-0.1, -0.05) is 30.3 Å². The molecule has 0 amide bonds. The average Bonchev–Trinajstić information content (AvgIpc) is 3.11. The third kappa shape index (κ3) is 7.46. The first-order chi connectivity index (χ1) is 15.1. The van der Waals surface area contributed by atoms with Gasteiger partial charge in [-0.3, -0.25) is 4.18 Å². The summed E-state index contributed by atoms with van der Waals surface area (Å²) < 4.78 is 58.3. The average molecular weight is 467 g/mol. The first kappa shape index (κ1) is 24.5. The molecule has 0 spiro atoms. The van der Waals surface area contributed by atoms with Gasteiger partial charge in [-0.15, -0.1) is 0 Å². The van der Waals surface area contributed by atoms with Crippen LogP contribution in [-0.4, -0.2) is 59.1 Å². The quantitative estimate of drug-likeness (QED) is 0.467. The van der Waals surface area contributed by atoms with E-state index in [0.717, 1.165) is 11.8 Å². The summed E-state index contributed by atoms with van der Waals surface area (Å²) in [6.45, 7) is 4.00. The van der Waals surface area contributed by atoms with Crippen LogP contribution in [0.5, 0.6) is 11.5 Å². The molecule has 1 fully saturated rings. The van der Waals surface area contributed by atoms with Crippen molar-refractivity contribution in [2.24, 2.45) is 0 Å². The van der Waals surface area contributed by atoms with Crippen LogP contribution in [0.15, 0.2) is 54.6 Å². The summed E-state index contributed by atoms with van der Waals surface area (Å²) in [5, 5.41) is 0. The Labute approximate surface area is 189 Å². The molecule has 2 aromatic rings. The molecule has 1 aliphatic rings. The Morgan fingerprint density at radius 3 is 2.28 bits per heavy atom. The number of hydrogen-bond acceptors (Lipinski definition) is 8. The first-order valence-corrected chi connectivity index (χ1v) is 12.1. The molecule has 32 heavy (non-hydrogen) atoms. The molecular weight excluding hydrogens is 436 g/mol. The molecule has 0 aliphatic carbocycles. The van der Waals surface area contributed by atoms with Gasteiger partial charge in [-0.05, 0) is 43.7 Å². The van der Waals surface area contributed by atoms with Crippen molar-refractivity contribution < 1.29 is 36.3 Å². The van der Waals surface area contributed by atoms with Gasteiger partial charge in [-0.25, -0.2) is 0 Å². The van der Waals surface area contributed by atoms with Crippen molar-refractivity contribution in [1.82, 2.24) is 0 Å². The maximum atomic E-state index is 12.0. The van der Waals surface area contributed by atoms with Crippen molar-refractivity contribution in [3.05, 3.63) is 60.2 Å². The van der Waals surface area contributed by atoms with Gasteiger partial charge in [0, 0.05) is 0 Å². The second-order valence-electron chi connectivity index (χ2n) is 7.95. The topological polar surface area (TPSA) is 89.5 Å². The minimum Gasteiger partial charge on any atom is -0.497 e. The summed E-state index contributed by atoms with van der Waals surface area (Å²) >= 11 is 0. The Morgan fingerprint density at radius 2 is 1.72 bits per heavy atom. The fourth-order valence-corrected chi connectivity index (χ4v) is 3.96. The fourth-order valence-electron chi connectivity index (χ4n) is 3.35. The van der Waals surface area contributed by atoms with E-state index in [-0.39, 0.29) is 19.8 Å². The summed E-state index contributed by atoms with van der Waals surface area (Å²) in [6, 6.07) is 16.5. The predicted molar refractivity (Wildman–Crippen MR) is 118 cm³/mol. The van der Waals surface area contributed by atoms with E-state index in [1.54, 1.807) is 45.2 Å². The molecule has 0 unspecified atom stereocenters. The Hall–Kier alpha value is -2.17. The summed E-state index contributed by atoms with van der Waals surface area (Å²) in [7, 11) is -2.23. The highest BCUT2D eigenvalue weighted by atomic mass is 32.2. The maximum Gasteiger partial charge on any atom is 0.264 e. The largest absolute Gasteiger partial charge is 0.497 e. The molecule has 1 aliphatic heterocycles. The SMILES string of the molecule is COc1ccc(OC[C@@H](OS(C)(=O)=O)[C@H](OCc2ccccc2)[C@@H]2COC(C)(C)O2)cc1. The Kier molecular flexibility index (Phi) is 8.13. The zero-order chi connectivity index (χ0) is 23.2. The Balaban J connectivity index is 1.79. The molecule has 3 atom stereocenters. The minimum atomic E-state index is -3.80. The Morgan fingerprint density at radius 1 is 1.06 bits per heavy atom. The molecule has 2 aromatic carbocycles. The van der Waals surface area contributed by atoms with Crippen LogP contribution in [0.3, 0.4) is 0 Å². The predicted octanol–water partition coefficient (Wildman–Crippen LogP) is 3.16. The third-order valence-corrected chi connectivity index (χ3v) is 5.42. The number of methoxy groups -OCH3 is 1. The molecule has 176 valence electrons. The maximum absolute atomic E-state index is 12.0. The minimum absolute atomic E-state index is 0.0703. The van der Waals surface area contributed by atoms with Crippen LogP contribution in [0.4, 0.5) is 0 Å². The van der Waals surface area contributed by atoms with Gasteiger partial charge in [-0.2, -0.15) is 8.42 Å². The van der Waals surface area contributed by atoms with E-state index in [9.17, 15) is 8.42 Å². The molecule has 3 rings (SSSR count). The summed E-state index contributed by atoms with van der Waals surface area (Å²) in [5.74, 6) is 0.411. The van der Waals surface area contributed by atoms with E-state index < -0.39 is 34.2 Å². The second-order valence-corrected chi connectivity index (χ2v) is 9.55. The van der Waals surface area contributed by atoms with Crippen molar-refractivity contribution in [2.45, 2.75) is 44.6 Å². The lowest BCUT2D eigenvalue weighted by Gasteiger charge is -2.30. The van der Waals surface area contributed by atoms with Crippen LogP contribution >= 0.6 is 0 Å².